The summed E-state index contributed by atoms with van der Waals surface area (Å²) in [5, 5.41) is 3.25. The topological polar surface area (TPSA) is 77.8 Å². The van der Waals surface area contributed by atoms with Crippen molar-refractivity contribution in [2.24, 2.45) is 0 Å². The molecule has 6 heteroatoms. The Morgan fingerprint density at radius 3 is 2.29 bits per heavy atom. The first-order chi connectivity index (χ1) is 18.5. The van der Waals surface area contributed by atoms with Crippen LogP contribution in [-0.4, -0.2) is 12.5 Å². The van der Waals surface area contributed by atoms with Gasteiger partial charge in [0.1, 0.15) is 23.3 Å². The zero-order chi connectivity index (χ0) is 26.5. The van der Waals surface area contributed by atoms with Gasteiger partial charge in [-0.3, -0.25) is 9.59 Å². The third-order valence-corrected chi connectivity index (χ3v) is 6.13. The highest BCUT2D eigenvalue weighted by atomic mass is 16.5. The van der Waals surface area contributed by atoms with Gasteiger partial charge in [-0.1, -0.05) is 74.5 Å². The Balaban J connectivity index is 1.25. The molecule has 0 aliphatic carbocycles. The van der Waals surface area contributed by atoms with Crippen LogP contribution in [0.1, 0.15) is 25.3 Å². The van der Waals surface area contributed by atoms with Crippen LogP contribution in [0.3, 0.4) is 0 Å². The van der Waals surface area contributed by atoms with Crippen molar-refractivity contribution >= 4 is 22.6 Å². The molecule has 4 aromatic carbocycles. The highest BCUT2D eigenvalue weighted by Gasteiger charge is 2.13. The third kappa shape index (κ3) is 5.60. The quantitative estimate of drug-likeness (QED) is 0.238. The van der Waals surface area contributed by atoms with Gasteiger partial charge >= 0.3 is 0 Å². The minimum absolute atomic E-state index is 0.0850. The molecule has 0 radical (unpaired) electrons. The zero-order valence-electron chi connectivity index (χ0n) is 21.1. The monoisotopic (exact) mass is 505 g/mol. The number of amides is 1. The highest BCUT2D eigenvalue weighted by molar-refractivity contribution is 5.92. The Bertz CT molecular complexity index is 1620. The van der Waals surface area contributed by atoms with Gasteiger partial charge in [-0.25, -0.2) is 0 Å². The van der Waals surface area contributed by atoms with Gasteiger partial charge in [0, 0.05) is 11.8 Å². The number of carbonyl (C=O) groups is 1. The molecule has 6 nitrogen and oxygen atoms in total. The van der Waals surface area contributed by atoms with E-state index in [1.165, 1.54) is 6.26 Å². The van der Waals surface area contributed by atoms with Gasteiger partial charge in [0.15, 0.2) is 6.61 Å². The third-order valence-electron chi connectivity index (χ3n) is 6.13. The second kappa shape index (κ2) is 11.0. The van der Waals surface area contributed by atoms with Crippen molar-refractivity contribution in [3.63, 3.8) is 0 Å². The molecule has 0 fully saturated rings. The number of hydrogen-bond donors (Lipinski definition) is 1. The first-order valence-corrected chi connectivity index (χ1v) is 12.4. The maximum Gasteiger partial charge on any atom is 0.262 e. The highest BCUT2D eigenvalue weighted by Crippen LogP contribution is 2.27. The van der Waals surface area contributed by atoms with Crippen molar-refractivity contribution in [1.82, 2.24) is 0 Å². The Labute approximate surface area is 220 Å². The number of para-hydroxylation sites is 1. The average molecular weight is 506 g/mol. The molecule has 1 heterocycles. The Morgan fingerprint density at radius 2 is 1.53 bits per heavy atom. The zero-order valence-corrected chi connectivity index (χ0v) is 21.1. The lowest BCUT2D eigenvalue weighted by molar-refractivity contribution is -0.118. The maximum absolute atomic E-state index is 13.0. The molecule has 0 unspecified atom stereocenters. The molecular weight excluding hydrogens is 478 g/mol. The first-order valence-electron chi connectivity index (χ1n) is 12.4. The lowest BCUT2D eigenvalue weighted by Gasteiger charge is -2.14. The summed E-state index contributed by atoms with van der Waals surface area (Å²) in [5.74, 6) is 1.03. The van der Waals surface area contributed by atoms with Gasteiger partial charge in [-0.15, -0.1) is 0 Å². The van der Waals surface area contributed by atoms with Gasteiger partial charge in [0.05, 0.1) is 5.39 Å². The van der Waals surface area contributed by atoms with Gasteiger partial charge in [0.2, 0.25) is 11.2 Å². The summed E-state index contributed by atoms with van der Waals surface area (Å²) in [5.41, 5.74) is 4.01. The van der Waals surface area contributed by atoms with Crippen molar-refractivity contribution in [2.45, 2.75) is 19.8 Å². The van der Waals surface area contributed by atoms with E-state index in [1.54, 1.807) is 18.2 Å². The molecule has 0 aliphatic rings. The van der Waals surface area contributed by atoms with Crippen LogP contribution in [0.2, 0.25) is 0 Å². The van der Waals surface area contributed by atoms with Crippen molar-refractivity contribution in [3.8, 4) is 28.4 Å². The van der Waals surface area contributed by atoms with Crippen LogP contribution >= 0.6 is 0 Å². The lowest BCUT2D eigenvalue weighted by atomic mass is 10.0. The summed E-state index contributed by atoms with van der Waals surface area (Å²) < 4.78 is 17.1. The summed E-state index contributed by atoms with van der Waals surface area (Å²) >= 11 is 0. The fraction of sp³-hybridized carbons (Fsp3) is 0.125. The van der Waals surface area contributed by atoms with Crippen LogP contribution in [0.25, 0.3) is 22.1 Å². The second-order valence-corrected chi connectivity index (χ2v) is 9.16. The number of fused-ring (bicyclic) bond motifs is 1. The number of anilines is 1. The van der Waals surface area contributed by atoms with Gasteiger partial charge in [0.25, 0.3) is 5.91 Å². The van der Waals surface area contributed by atoms with E-state index in [0.717, 1.165) is 22.4 Å². The van der Waals surface area contributed by atoms with Gasteiger partial charge in [-0.2, -0.15) is 0 Å². The van der Waals surface area contributed by atoms with Crippen LogP contribution in [-0.2, 0) is 4.79 Å². The largest absolute Gasteiger partial charge is 0.484 e. The molecule has 1 amide bonds. The van der Waals surface area contributed by atoms with E-state index in [2.05, 4.69) is 19.2 Å². The average Bonchev–Trinajstić information content (AvgIpc) is 2.94. The number of carbonyl (C=O) groups excluding carboxylic acids is 1. The van der Waals surface area contributed by atoms with Crippen LogP contribution in [0, 0.1) is 0 Å². The van der Waals surface area contributed by atoms with Crippen molar-refractivity contribution in [1.29, 1.82) is 0 Å². The molecule has 0 saturated heterocycles. The summed E-state index contributed by atoms with van der Waals surface area (Å²) in [4.78, 5) is 25.5. The van der Waals surface area contributed by atoms with E-state index in [9.17, 15) is 9.59 Å². The number of rotatable bonds is 8. The normalized spacial score (nSPS) is 10.9. The standard InChI is InChI=1S/C32H27NO5/c1-21(2)26-10-6-7-11-28(26)33-31(34)20-36-25-16-17-27-29(18-25)37-19-30(32(27)35)38-24-14-12-23(13-15-24)22-8-4-3-5-9-22/h3-19,21H,20H2,1-2H3,(H,33,34). The molecule has 190 valence electrons. The summed E-state index contributed by atoms with van der Waals surface area (Å²) in [6, 6.07) is 30.0. The van der Waals surface area contributed by atoms with E-state index >= 15 is 0 Å². The molecule has 0 atom stereocenters. The maximum atomic E-state index is 13.0. The van der Waals surface area contributed by atoms with Crippen LogP contribution in [0.5, 0.6) is 17.2 Å². The predicted octanol–water partition coefficient (Wildman–Crippen LogP) is 7.39. The Kier molecular flexibility index (Phi) is 7.22. The smallest absolute Gasteiger partial charge is 0.262 e. The number of benzene rings is 4. The minimum atomic E-state index is -0.298. The molecule has 0 spiro atoms. The Morgan fingerprint density at radius 1 is 0.842 bits per heavy atom. The van der Waals surface area contributed by atoms with E-state index in [1.807, 2.05) is 78.9 Å². The molecule has 0 aliphatic heterocycles. The van der Waals surface area contributed by atoms with E-state index in [0.29, 0.717) is 22.5 Å². The SMILES string of the molecule is CC(C)c1ccccc1NC(=O)COc1ccc2c(=O)c(Oc3ccc(-c4ccccc4)cc3)coc2c1. The molecule has 5 rings (SSSR count). The van der Waals surface area contributed by atoms with Crippen LogP contribution < -0.4 is 20.2 Å². The fourth-order valence-electron chi connectivity index (χ4n) is 4.17. The van der Waals surface area contributed by atoms with Gasteiger partial charge in [-0.05, 0) is 52.9 Å². The number of hydrogen-bond acceptors (Lipinski definition) is 5. The van der Waals surface area contributed by atoms with Crippen molar-refractivity contribution in [2.75, 3.05) is 11.9 Å². The summed E-state index contributed by atoms with van der Waals surface area (Å²) in [6.07, 6.45) is 1.29. The molecule has 1 N–H and O–H groups in total. The molecule has 5 aromatic rings. The predicted molar refractivity (Wildman–Crippen MR) is 149 cm³/mol. The van der Waals surface area contributed by atoms with E-state index in [4.69, 9.17) is 13.9 Å². The summed E-state index contributed by atoms with van der Waals surface area (Å²) in [7, 11) is 0. The molecule has 0 saturated carbocycles. The van der Waals surface area contributed by atoms with E-state index in [-0.39, 0.29) is 29.6 Å². The number of nitrogens with one attached hydrogen (secondary N) is 1. The lowest BCUT2D eigenvalue weighted by Crippen LogP contribution is -2.21. The molecule has 38 heavy (non-hydrogen) atoms. The van der Waals surface area contributed by atoms with Crippen molar-refractivity contribution < 1.29 is 18.7 Å². The minimum Gasteiger partial charge on any atom is -0.484 e. The van der Waals surface area contributed by atoms with E-state index < -0.39 is 0 Å². The van der Waals surface area contributed by atoms with Crippen molar-refractivity contribution in [3.05, 3.63) is 119 Å². The van der Waals surface area contributed by atoms with Crippen LogP contribution in [0.15, 0.2) is 113 Å². The Hall–Kier alpha value is -4.84. The fourth-order valence-corrected chi connectivity index (χ4v) is 4.17. The van der Waals surface area contributed by atoms with Crippen LogP contribution in [0.4, 0.5) is 5.69 Å². The number of ether oxygens (including phenoxy) is 2. The first kappa shape index (κ1) is 24.8. The molecule has 0 bridgehead atoms. The van der Waals surface area contributed by atoms with Gasteiger partial charge < -0.3 is 19.2 Å². The second-order valence-electron chi connectivity index (χ2n) is 9.16. The molecule has 1 aromatic heterocycles. The molecular formula is C32H27NO5. The summed E-state index contributed by atoms with van der Waals surface area (Å²) in [6.45, 7) is 3.97.